The van der Waals surface area contributed by atoms with Gasteiger partial charge in [-0.3, -0.25) is 4.72 Å². The van der Waals surface area contributed by atoms with Gasteiger partial charge in [0.05, 0.1) is 24.8 Å². The van der Waals surface area contributed by atoms with Crippen molar-refractivity contribution in [2.24, 2.45) is 0 Å². The van der Waals surface area contributed by atoms with E-state index in [1.165, 1.54) is 0 Å². The Hall–Kier alpha value is -2.02. The zero-order valence-electron chi connectivity index (χ0n) is 12.4. The molecule has 2 rings (SSSR count). The first-order valence-electron chi connectivity index (χ1n) is 6.67. The summed E-state index contributed by atoms with van der Waals surface area (Å²) in [6.07, 6.45) is 4.79. The molecule has 6 nitrogen and oxygen atoms in total. The third-order valence-corrected chi connectivity index (χ3v) is 3.57. The number of imidazole rings is 1. The summed E-state index contributed by atoms with van der Waals surface area (Å²) in [5.74, 6) is 0. The highest BCUT2D eigenvalue weighted by Crippen LogP contribution is 2.16. The molecule has 21 heavy (non-hydrogen) atoms. The molecule has 2 aromatic rings. The average Bonchev–Trinajstić information content (AvgIpc) is 2.84. The van der Waals surface area contributed by atoms with Gasteiger partial charge in [0.1, 0.15) is 0 Å². The number of nitrogens with one attached hydrogen (secondary N) is 2. The second-order valence-corrected chi connectivity index (χ2v) is 6.94. The van der Waals surface area contributed by atoms with Crippen molar-refractivity contribution in [2.45, 2.75) is 26.4 Å². The predicted octanol–water partition coefficient (Wildman–Crippen LogP) is 2.45. The van der Waals surface area contributed by atoms with Crippen LogP contribution in [0.3, 0.4) is 0 Å². The molecule has 0 amide bonds. The van der Waals surface area contributed by atoms with Crippen molar-refractivity contribution in [1.29, 1.82) is 0 Å². The molecule has 0 bridgehead atoms. The molecule has 0 aliphatic heterocycles. The van der Waals surface area contributed by atoms with Crippen molar-refractivity contribution in [3.63, 3.8) is 0 Å². The molecule has 0 aliphatic carbocycles. The molecule has 0 atom stereocenters. The highest BCUT2D eigenvalue weighted by Gasteiger charge is 2.05. The number of sulfonamides is 1. The molecule has 0 radical (unpaired) electrons. The molecule has 0 unspecified atom stereocenters. The number of rotatable bonds is 6. The summed E-state index contributed by atoms with van der Waals surface area (Å²) in [7, 11) is -3.23. The van der Waals surface area contributed by atoms with E-state index in [0.717, 1.165) is 17.6 Å². The minimum Gasteiger partial charge on any atom is -0.379 e. The Labute approximate surface area is 125 Å². The maximum absolute atomic E-state index is 11.1. The van der Waals surface area contributed by atoms with E-state index in [4.69, 9.17) is 0 Å². The maximum Gasteiger partial charge on any atom is 0.229 e. The van der Waals surface area contributed by atoms with E-state index in [9.17, 15) is 8.42 Å². The number of hydrogen-bond donors (Lipinski definition) is 2. The highest BCUT2D eigenvalue weighted by atomic mass is 32.2. The number of aromatic nitrogens is 2. The fraction of sp³-hybridized carbons (Fsp3) is 0.357. The van der Waals surface area contributed by atoms with E-state index in [-0.39, 0.29) is 0 Å². The van der Waals surface area contributed by atoms with Crippen LogP contribution in [-0.2, 0) is 16.6 Å². The summed E-state index contributed by atoms with van der Waals surface area (Å²) in [6, 6.07) is 7.49. The Morgan fingerprint density at radius 1 is 1.19 bits per heavy atom. The number of hydrogen-bond acceptors (Lipinski definition) is 4. The van der Waals surface area contributed by atoms with Gasteiger partial charge in [-0.2, -0.15) is 0 Å². The second kappa shape index (κ2) is 6.17. The smallest absolute Gasteiger partial charge is 0.229 e. The van der Waals surface area contributed by atoms with Crippen LogP contribution >= 0.6 is 0 Å². The molecule has 114 valence electrons. The van der Waals surface area contributed by atoms with Crippen molar-refractivity contribution < 1.29 is 8.42 Å². The molecule has 1 aromatic carbocycles. The normalized spacial score (nSPS) is 11.6. The zero-order valence-corrected chi connectivity index (χ0v) is 13.2. The van der Waals surface area contributed by atoms with Crippen LogP contribution in [0.15, 0.2) is 36.8 Å². The van der Waals surface area contributed by atoms with Gasteiger partial charge in [0.25, 0.3) is 0 Å². The van der Waals surface area contributed by atoms with Crippen LogP contribution in [-0.4, -0.2) is 24.2 Å². The predicted molar refractivity (Wildman–Crippen MR) is 84.8 cm³/mol. The molecular formula is C14H20N4O2S. The molecule has 0 spiro atoms. The first kappa shape index (κ1) is 15.4. The Kier molecular flexibility index (Phi) is 4.52. The number of benzene rings is 1. The van der Waals surface area contributed by atoms with Crippen LogP contribution in [0.2, 0.25) is 0 Å². The minimum absolute atomic E-state index is 0.366. The van der Waals surface area contributed by atoms with E-state index < -0.39 is 10.0 Å². The SMILES string of the molecule is CC(C)n1cncc1CNc1ccc(NS(C)(=O)=O)cc1. The third-order valence-electron chi connectivity index (χ3n) is 2.96. The van der Waals surface area contributed by atoms with Gasteiger partial charge in [0, 0.05) is 23.6 Å². The molecule has 0 saturated heterocycles. The van der Waals surface area contributed by atoms with Gasteiger partial charge in [0.2, 0.25) is 10.0 Å². The average molecular weight is 308 g/mol. The lowest BCUT2D eigenvalue weighted by Crippen LogP contribution is -2.10. The molecule has 1 aromatic heterocycles. The van der Waals surface area contributed by atoms with E-state index in [1.807, 2.05) is 24.7 Å². The Balaban J connectivity index is 1.99. The van der Waals surface area contributed by atoms with Crippen LogP contribution in [0.25, 0.3) is 0 Å². The summed E-state index contributed by atoms with van der Waals surface area (Å²) >= 11 is 0. The third kappa shape index (κ3) is 4.49. The molecule has 0 fully saturated rings. The van der Waals surface area contributed by atoms with Crippen LogP contribution in [0, 0.1) is 0 Å². The van der Waals surface area contributed by atoms with Gasteiger partial charge in [0.15, 0.2) is 0 Å². The van der Waals surface area contributed by atoms with Crippen LogP contribution in [0.4, 0.5) is 11.4 Å². The van der Waals surface area contributed by atoms with Crippen molar-refractivity contribution in [2.75, 3.05) is 16.3 Å². The minimum atomic E-state index is -3.23. The number of nitrogens with zero attached hydrogens (tertiary/aromatic N) is 2. The summed E-state index contributed by atoms with van der Waals surface area (Å²) < 4.78 is 26.8. The fourth-order valence-corrected chi connectivity index (χ4v) is 2.56. The second-order valence-electron chi connectivity index (χ2n) is 5.19. The Morgan fingerprint density at radius 2 is 1.81 bits per heavy atom. The largest absolute Gasteiger partial charge is 0.379 e. The maximum atomic E-state index is 11.1. The molecule has 0 aliphatic rings. The van der Waals surface area contributed by atoms with Gasteiger partial charge < -0.3 is 9.88 Å². The monoisotopic (exact) mass is 308 g/mol. The molecule has 2 N–H and O–H groups in total. The Morgan fingerprint density at radius 3 is 2.38 bits per heavy atom. The molecular weight excluding hydrogens is 288 g/mol. The van der Waals surface area contributed by atoms with Crippen molar-refractivity contribution in [3.05, 3.63) is 42.5 Å². The number of anilines is 2. The highest BCUT2D eigenvalue weighted by molar-refractivity contribution is 7.92. The van der Waals surface area contributed by atoms with Crippen molar-refractivity contribution >= 4 is 21.4 Å². The lowest BCUT2D eigenvalue weighted by molar-refractivity contribution is 0.577. The van der Waals surface area contributed by atoms with Gasteiger partial charge >= 0.3 is 0 Å². The van der Waals surface area contributed by atoms with Crippen molar-refractivity contribution in [3.8, 4) is 0 Å². The van der Waals surface area contributed by atoms with Gasteiger partial charge in [-0.25, -0.2) is 13.4 Å². The van der Waals surface area contributed by atoms with E-state index in [1.54, 1.807) is 12.1 Å². The summed E-state index contributed by atoms with van der Waals surface area (Å²) in [5, 5.41) is 3.29. The fourth-order valence-electron chi connectivity index (χ4n) is 2.00. The molecule has 1 heterocycles. The summed E-state index contributed by atoms with van der Waals surface area (Å²) in [5.41, 5.74) is 2.57. The van der Waals surface area contributed by atoms with E-state index in [2.05, 4.69) is 33.4 Å². The van der Waals surface area contributed by atoms with Crippen LogP contribution in [0.1, 0.15) is 25.6 Å². The standard InChI is InChI=1S/C14H20N4O2S/c1-11(2)18-10-15-8-14(18)9-16-12-4-6-13(7-5-12)17-21(3,19)20/h4-8,10-11,16-17H,9H2,1-3H3. The quantitative estimate of drug-likeness (QED) is 0.859. The topological polar surface area (TPSA) is 76.0 Å². The van der Waals surface area contributed by atoms with E-state index in [0.29, 0.717) is 18.3 Å². The summed E-state index contributed by atoms with van der Waals surface area (Å²) in [6.45, 7) is 4.88. The summed E-state index contributed by atoms with van der Waals surface area (Å²) in [4.78, 5) is 4.16. The van der Waals surface area contributed by atoms with Crippen LogP contribution < -0.4 is 10.0 Å². The Bertz CT molecular complexity index is 690. The lowest BCUT2D eigenvalue weighted by atomic mass is 10.3. The van der Waals surface area contributed by atoms with Crippen LogP contribution in [0.5, 0.6) is 0 Å². The van der Waals surface area contributed by atoms with Gasteiger partial charge in [-0.05, 0) is 38.1 Å². The lowest BCUT2D eigenvalue weighted by Gasteiger charge is -2.13. The van der Waals surface area contributed by atoms with Gasteiger partial charge in [-0.15, -0.1) is 0 Å². The first-order valence-corrected chi connectivity index (χ1v) is 8.57. The zero-order chi connectivity index (χ0) is 15.5. The molecule has 0 saturated carbocycles. The van der Waals surface area contributed by atoms with E-state index >= 15 is 0 Å². The van der Waals surface area contributed by atoms with Gasteiger partial charge in [-0.1, -0.05) is 0 Å². The molecule has 7 heteroatoms. The van der Waals surface area contributed by atoms with Crippen molar-refractivity contribution in [1.82, 2.24) is 9.55 Å². The first-order chi connectivity index (χ1) is 9.85.